The fraction of sp³-hybridized carbons (Fsp3) is 0.323. The molecule has 0 unspecified atom stereocenters. The zero-order chi connectivity index (χ0) is 32.4. The maximum Gasteiger partial charge on any atom is 0.417 e. The largest absolute Gasteiger partial charge is 0.417 e. The number of amides is 1. The Hall–Kier alpha value is -4.46. The van der Waals surface area contributed by atoms with Gasteiger partial charge in [-0.1, -0.05) is 29.8 Å². The molecule has 234 valence electrons. The lowest BCUT2D eigenvalue weighted by atomic mass is 9.97. The van der Waals surface area contributed by atoms with E-state index in [1.54, 1.807) is 53.5 Å². The van der Waals surface area contributed by atoms with Gasteiger partial charge in [-0.05, 0) is 68.1 Å². The van der Waals surface area contributed by atoms with E-state index in [-0.39, 0.29) is 40.2 Å². The Morgan fingerprint density at radius 3 is 2.47 bits per heavy atom. The van der Waals surface area contributed by atoms with Crippen LogP contribution in [0, 0.1) is 5.92 Å². The highest BCUT2D eigenvalue weighted by Crippen LogP contribution is 2.36. The number of hydrogen-bond acceptors (Lipinski definition) is 5. The molecular formula is C31H29BrF3N7O3. The lowest BCUT2D eigenvalue weighted by molar-refractivity contribution is -0.138. The summed E-state index contributed by atoms with van der Waals surface area (Å²) in [4.78, 5) is 44.0. The van der Waals surface area contributed by atoms with Crippen molar-refractivity contribution < 1.29 is 18.0 Å². The summed E-state index contributed by atoms with van der Waals surface area (Å²) in [7, 11) is 1.55. The van der Waals surface area contributed by atoms with Crippen LogP contribution < -0.4 is 11.2 Å². The highest BCUT2D eigenvalue weighted by atomic mass is 79.9. The van der Waals surface area contributed by atoms with Crippen LogP contribution in [0.3, 0.4) is 0 Å². The van der Waals surface area contributed by atoms with Crippen molar-refractivity contribution in [2.45, 2.75) is 52.4 Å². The Labute approximate surface area is 263 Å². The van der Waals surface area contributed by atoms with Crippen molar-refractivity contribution >= 4 is 27.5 Å². The summed E-state index contributed by atoms with van der Waals surface area (Å²) in [5, 5.41) is 8.85. The van der Waals surface area contributed by atoms with Crippen molar-refractivity contribution in [2.75, 3.05) is 0 Å². The molecule has 0 saturated heterocycles. The van der Waals surface area contributed by atoms with Gasteiger partial charge in [0, 0.05) is 39.8 Å². The van der Waals surface area contributed by atoms with E-state index in [2.05, 4.69) is 45.0 Å². The standard InChI is InChI=1S/C31H29BrF3N7O3/c1-16(2)11-20-14-36-42-25-15-40(28(43)19-7-10-24(32)23(13-19)31(33,34)35)17(3)12-22(25)29(44)41(27(20)42)21-8-5-18(6-9-21)26-37-30(45)39(4)38-26/h5-10,13-14,16-17H,11-12,15H2,1-4H3,(H,37,38,45)/t17-/m0/s1. The van der Waals surface area contributed by atoms with Crippen molar-refractivity contribution in [1.82, 2.24) is 33.8 Å². The fourth-order valence-corrected chi connectivity index (χ4v) is 6.29. The number of benzene rings is 2. The van der Waals surface area contributed by atoms with Crippen LogP contribution in [-0.4, -0.2) is 45.8 Å². The molecule has 1 atom stereocenters. The normalized spacial score (nSPS) is 15.2. The van der Waals surface area contributed by atoms with Gasteiger partial charge in [0.2, 0.25) is 0 Å². The average Bonchev–Trinajstić information content (AvgIpc) is 3.54. The molecule has 0 aliphatic carbocycles. The van der Waals surface area contributed by atoms with Crippen LogP contribution in [0.5, 0.6) is 0 Å². The van der Waals surface area contributed by atoms with Gasteiger partial charge in [0.15, 0.2) is 5.82 Å². The third-order valence-corrected chi connectivity index (χ3v) is 8.71. The summed E-state index contributed by atoms with van der Waals surface area (Å²) in [6, 6.07) is 10.0. The summed E-state index contributed by atoms with van der Waals surface area (Å²) in [6.45, 7) is 5.88. The second-order valence-corrected chi connectivity index (χ2v) is 12.6. The van der Waals surface area contributed by atoms with Crippen LogP contribution in [0.4, 0.5) is 13.2 Å². The minimum Gasteiger partial charge on any atom is -0.330 e. The van der Waals surface area contributed by atoms with Crippen LogP contribution in [-0.2, 0) is 32.6 Å². The first kappa shape index (κ1) is 30.6. The number of aromatic nitrogens is 6. The van der Waals surface area contributed by atoms with Gasteiger partial charge < -0.3 is 4.90 Å². The molecule has 10 nitrogen and oxygen atoms in total. The number of halogens is 4. The summed E-state index contributed by atoms with van der Waals surface area (Å²) >= 11 is 2.93. The smallest absolute Gasteiger partial charge is 0.330 e. The molecule has 3 aromatic heterocycles. The average molecular weight is 685 g/mol. The number of hydrogen-bond donors (Lipinski definition) is 1. The van der Waals surface area contributed by atoms with Gasteiger partial charge >= 0.3 is 11.9 Å². The van der Waals surface area contributed by atoms with Gasteiger partial charge in [-0.2, -0.15) is 23.4 Å². The van der Waals surface area contributed by atoms with Gasteiger partial charge in [0.25, 0.3) is 11.5 Å². The summed E-state index contributed by atoms with van der Waals surface area (Å²) in [6.07, 6.45) is -2.10. The molecule has 1 aliphatic rings. The topological polar surface area (TPSA) is 110 Å². The van der Waals surface area contributed by atoms with Gasteiger partial charge in [0.1, 0.15) is 5.65 Å². The monoisotopic (exact) mass is 683 g/mol. The number of carbonyl (C=O) groups is 1. The number of aromatic amines is 1. The SMILES string of the molecule is CC(C)Cc1cnn2c3c(c(=O)n(-c4ccc(-c5nn(C)c(=O)[nH]5)cc4)c12)C[C@H](C)N(C(=O)c1ccc(Br)c(C(F)(F)F)c1)C3. The van der Waals surface area contributed by atoms with Crippen molar-refractivity contribution in [3.63, 3.8) is 0 Å². The van der Waals surface area contributed by atoms with E-state index < -0.39 is 23.7 Å². The molecule has 0 fully saturated rings. The van der Waals surface area contributed by atoms with Crippen LogP contribution in [0.25, 0.3) is 22.7 Å². The Kier molecular flexibility index (Phi) is 7.58. The number of H-pyrrole nitrogens is 1. The Bertz CT molecular complexity index is 2070. The molecule has 0 radical (unpaired) electrons. The molecule has 0 saturated carbocycles. The van der Waals surface area contributed by atoms with Gasteiger partial charge in [-0.3, -0.25) is 19.1 Å². The molecule has 1 aliphatic heterocycles. The maximum absolute atomic E-state index is 14.3. The van der Waals surface area contributed by atoms with E-state index in [1.807, 2.05) is 0 Å². The van der Waals surface area contributed by atoms with E-state index in [0.717, 1.165) is 11.6 Å². The number of alkyl halides is 3. The van der Waals surface area contributed by atoms with E-state index in [1.165, 1.54) is 21.7 Å². The first-order chi connectivity index (χ1) is 21.2. The van der Waals surface area contributed by atoms with Crippen molar-refractivity contribution in [3.8, 4) is 17.1 Å². The zero-order valence-corrected chi connectivity index (χ0v) is 26.4. The molecule has 1 amide bonds. The summed E-state index contributed by atoms with van der Waals surface area (Å²) in [5.41, 5.74) is 1.99. The van der Waals surface area contributed by atoms with Crippen molar-refractivity contribution in [1.29, 1.82) is 0 Å². The first-order valence-electron chi connectivity index (χ1n) is 14.3. The van der Waals surface area contributed by atoms with E-state index in [4.69, 9.17) is 0 Å². The third kappa shape index (κ3) is 5.40. The number of nitrogens with zero attached hydrogens (tertiary/aromatic N) is 6. The number of rotatable bonds is 5. The van der Waals surface area contributed by atoms with Gasteiger partial charge in [0.05, 0.1) is 29.7 Å². The van der Waals surface area contributed by atoms with E-state index >= 15 is 0 Å². The second kappa shape index (κ2) is 11.2. The van der Waals surface area contributed by atoms with Gasteiger partial charge in [-0.15, -0.1) is 0 Å². The lowest BCUT2D eigenvalue weighted by Gasteiger charge is -2.35. The Balaban J connectivity index is 1.46. The van der Waals surface area contributed by atoms with Crippen LogP contribution in [0.1, 0.15) is 53.5 Å². The minimum absolute atomic E-state index is 0.00585. The second-order valence-electron chi connectivity index (χ2n) is 11.7. The van der Waals surface area contributed by atoms with Crippen molar-refractivity contribution in [2.24, 2.45) is 13.0 Å². The maximum atomic E-state index is 14.3. The molecule has 4 heterocycles. The molecule has 0 spiro atoms. The Morgan fingerprint density at radius 2 is 1.84 bits per heavy atom. The molecular weight excluding hydrogens is 655 g/mol. The molecule has 1 N–H and O–H groups in total. The van der Waals surface area contributed by atoms with E-state index in [0.29, 0.717) is 40.4 Å². The zero-order valence-electron chi connectivity index (χ0n) is 24.8. The molecule has 0 bridgehead atoms. The predicted octanol–water partition coefficient (Wildman–Crippen LogP) is 5.14. The predicted molar refractivity (Wildman–Crippen MR) is 164 cm³/mol. The van der Waals surface area contributed by atoms with Crippen molar-refractivity contribution in [3.05, 3.63) is 102 Å². The number of carbonyl (C=O) groups excluding carboxylic acids is 1. The number of fused-ring (bicyclic) bond motifs is 3. The minimum atomic E-state index is -4.64. The fourth-order valence-electron chi connectivity index (χ4n) is 5.82. The van der Waals surface area contributed by atoms with E-state index in [9.17, 15) is 27.6 Å². The first-order valence-corrected chi connectivity index (χ1v) is 15.1. The molecule has 14 heteroatoms. The van der Waals surface area contributed by atoms with Crippen LogP contribution in [0.15, 0.2) is 62.7 Å². The number of nitrogens with one attached hydrogen (secondary N) is 1. The third-order valence-electron chi connectivity index (χ3n) is 8.02. The van der Waals surface area contributed by atoms with Gasteiger partial charge in [-0.25, -0.2) is 14.0 Å². The molecule has 6 rings (SSSR count). The molecule has 2 aromatic carbocycles. The Morgan fingerprint density at radius 1 is 1.13 bits per heavy atom. The van der Waals surface area contributed by atoms with Crippen LogP contribution >= 0.6 is 15.9 Å². The van der Waals surface area contributed by atoms with Crippen LogP contribution in [0.2, 0.25) is 0 Å². The lowest BCUT2D eigenvalue weighted by Crippen LogP contribution is -2.46. The molecule has 5 aromatic rings. The highest BCUT2D eigenvalue weighted by molar-refractivity contribution is 9.10. The summed E-state index contributed by atoms with van der Waals surface area (Å²) < 4.78 is 45.1. The summed E-state index contributed by atoms with van der Waals surface area (Å²) in [5.74, 6) is 0.0778. The molecule has 45 heavy (non-hydrogen) atoms. The quantitative estimate of drug-likeness (QED) is 0.276. The number of aryl methyl sites for hydroxylation is 1. The highest BCUT2D eigenvalue weighted by Gasteiger charge is 2.36.